The molecule has 2 unspecified atom stereocenters. The number of aromatic nitrogens is 8. The summed E-state index contributed by atoms with van der Waals surface area (Å²) in [4.78, 5) is 72.1. The second-order valence-electron chi connectivity index (χ2n) is 33.9. The number of fused-ring (bicyclic) bond motifs is 4. The number of hydrogen-bond acceptors (Lipinski definition) is 27. The Morgan fingerprint density at radius 1 is 0.602 bits per heavy atom. The molecule has 654 valence electrons. The van der Waals surface area contributed by atoms with E-state index in [1.54, 1.807) is 9.80 Å². The summed E-state index contributed by atoms with van der Waals surface area (Å²) < 4.78 is 50.3. The maximum absolute atomic E-state index is 13.3. The summed E-state index contributed by atoms with van der Waals surface area (Å²) in [6, 6.07) is 35.5. The maximum atomic E-state index is 13.3. The predicted octanol–water partition coefficient (Wildman–Crippen LogP) is 5.57. The zero-order valence-electron chi connectivity index (χ0n) is 75.0. The number of rotatable bonds is 26. The van der Waals surface area contributed by atoms with Crippen LogP contribution in [0.2, 0.25) is 51.4 Å². The largest absolute Gasteiger partial charge is 1.00 e. The molecule has 4 aromatic heterocycles. The molecule has 1 N–H and O–H groups in total. The first-order chi connectivity index (χ1) is 58.5. The van der Waals surface area contributed by atoms with E-state index in [2.05, 4.69) is 166 Å². The van der Waals surface area contributed by atoms with Gasteiger partial charge in [-0.25, -0.2) is 19.0 Å². The Morgan fingerprint density at radius 3 is 1.52 bits per heavy atom. The van der Waals surface area contributed by atoms with Gasteiger partial charge in [-0.2, -0.15) is 40.7 Å². The van der Waals surface area contributed by atoms with Crippen molar-refractivity contribution in [2.45, 2.75) is 181 Å². The molecule has 0 aliphatic carbocycles. The predicted molar refractivity (Wildman–Crippen MR) is 470 cm³/mol. The Bertz CT molecular complexity index is 4750. The number of halogens is 1. The number of likely N-dealkylation sites (tertiary alicyclic amines) is 2. The molecular weight excluding hydrogens is 1910 g/mol. The summed E-state index contributed by atoms with van der Waals surface area (Å²) in [6.07, 6.45) is 9.84. The molecule has 15 rings (SSSR count). The number of piperazine rings is 2. The Kier molecular flexibility index (Phi) is 42.2. The van der Waals surface area contributed by atoms with Crippen molar-refractivity contribution >= 4 is 89.9 Å². The van der Waals surface area contributed by atoms with Gasteiger partial charge < -0.3 is 89.1 Å². The number of ether oxygens (including phenoxy) is 8. The molecule has 5 fully saturated rings. The van der Waals surface area contributed by atoms with Crippen molar-refractivity contribution in [1.29, 1.82) is 10.5 Å². The molecule has 8 aromatic rings. The van der Waals surface area contributed by atoms with Crippen LogP contribution in [0.3, 0.4) is 0 Å². The third kappa shape index (κ3) is 30.7. The third-order valence-corrected chi connectivity index (χ3v) is 26.9. The van der Waals surface area contributed by atoms with E-state index in [-0.39, 0.29) is 190 Å². The second kappa shape index (κ2) is 51.2. The molecule has 5 saturated heterocycles. The number of nitrogens with zero attached hydrogens (tertiary/aromatic N) is 17. The summed E-state index contributed by atoms with van der Waals surface area (Å²) in [7, 11) is 2.08. The van der Waals surface area contributed by atoms with E-state index in [1.165, 1.54) is 18.0 Å². The number of benzene rings is 4. The molecule has 0 bridgehead atoms. The van der Waals surface area contributed by atoms with Gasteiger partial charge in [0.05, 0.1) is 87.1 Å². The Morgan fingerprint density at radius 2 is 1.07 bits per heavy atom. The topological polar surface area (TPSA) is 327 Å². The first kappa shape index (κ1) is 101. The van der Waals surface area contributed by atoms with Gasteiger partial charge in [0.1, 0.15) is 62.6 Å². The quantitative estimate of drug-likeness (QED) is 0.0228. The van der Waals surface area contributed by atoms with Crippen LogP contribution >= 0.6 is 15.9 Å². The number of anilines is 3. The third-order valence-electron chi connectivity index (χ3n) is 22.5. The molecule has 31 nitrogen and oxygen atoms in total. The molecule has 11 heterocycles. The molecule has 0 spiro atoms. The fourth-order valence-electron chi connectivity index (χ4n) is 15.5. The van der Waals surface area contributed by atoms with Crippen molar-refractivity contribution in [3.05, 3.63) is 147 Å². The van der Waals surface area contributed by atoms with E-state index in [0.29, 0.717) is 103 Å². The zero-order valence-corrected chi connectivity index (χ0v) is 90.1. The van der Waals surface area contributed by atoms with Crippen molar-refractivity contribution in [2.75, 3.05) is 147 Å². The number of likely N-dealkylation sites (N-methyl/N-ethyl adjacent to an activating group) is 2. The molecule has 4 atom stereocenters. The van der Waals surface area contributed by atoms with Crippen LogP contribution < -0.4 is 173 Å². The summed E-state index contributed by atoms with van der Waals surface area (Å²) in [5.74, 6) is 1.69. The summed E-state index contributed by atoms with van der Waals surface area (Å²) in [5, 5.41) is 43.0. The fourth-order valence-corrected chi connectivity index (χ4v) is 17.4. The van der Waals surface area contributed by atoms with E-state index in [1.807, 2.05) is 76.2 Å². The number of nitrogens with one attached hydrogen (secondary N) is 1. The Balaban J connectivity index is 0.000000236. The van der Waals surface area contributed by atoms with Crippen molar-refractivity contribution < 1.29 is 202 Å². The summed E-state index contributed by atoms with van der Waals surface area (Å²) in [5.41, 5.74) is 11.4. The number of aryl methyl sites for hydroxylation is 2. The van der Waals surface area contributed by atoms with Crippen LogP contribution in [0.25, 0.3) is 21.8 Å². The monoisotopic (exact) mass is 2030 g/mol. The average molecular weight is 2030 g/mol. The fraction of sp³-hybridized carbons (Fsp3) is 0.552. The normalized spacial score (nSPS) is 18.3. The molecule has 7 aliphatic heterocycles. The van der Waals surface area contributed by atoms with Gasteiger partial charge in [0.15, 0.2) is 0 Å². The number of nitriles is 2. The molecular formula is C87H121BrCs2N18O13Si2. The van der Waals surface area contributed by atoms with Crippen LogP contribution in [-0.2, 0) is 90.7 Å². The number of hydrogen-bond donors (Lipinski definition) is 1. The number of carbonyl (C=O) groups excluding carboxylic acids is 3. The van der Waals surface area contributed by atoms with Crippen LogP contribution in [-0.4, -0.2) is 250 Å². The standard InChI is InChI=1S/C41H55N9O4Si.C27H35N7O3.C14H21BrN2OSi.C4H8O2.CH2O3.2Cs.H/c1-30-13-14-32-24-49(29-52-22-23-55(3,4)5)45-37(32)38(30)47-19-16-35-36(26-47)43-40(53-28-34-12-9-18-46(34)2)44-39(35)48-20-21-50(33(25-48)15-17-42)41(51)54-27-31-10-7-6-8-11-31;1-32-13-5-8-22(32)19-36-26-30-24-16-29-12-10-23(24)25(31-26)33-14-15-34(21(17-33)9-11-28)27(35)37-18-20-6-3-2-4-7-20;1-11-5-6-12-9-17(16-14(12)13(11)15)10-18-7-8-19(2,3)4;1-2-6-4-3-5-1;2-1-4-3;;;/h6-8,10-11,13-14,24,33-34H,9,12,15-16,18-23,25-29H2,1-5H3;2-4,6-7,21-22,29H,5,8-10,12-19H2,1H3;5-6,9H,7-8,10H2,1-4H3;1-4H2;1,3H;;;/q;;;;;2*+1;-1/p-1/t33?,34-;21?,22-;;;;;;/m00....../s1. The number of carbonyl (C=O) groups is 3. The molecule has 36 heteroatoms. The van der Waals surface area contributed by atoms with E-state index in [9.17, 15) is 20.1 Å². The minimum absolute atomic E-state index is 0. The van der Waals surface area contributed by atoms with E-state index < -0.39 is 22.2 Å². The van der Waals surface area contributed by atoms with Gasteiger partial charge >= 0.3 is 162 Å². The van der Waals surface area contributed by atoms with Crippen LogP contribution in [0.15, 0.2) is 102 Å². The van der Waals surface area contributed by atoms with Crippen LogP contribution in [0.1, 0.15) is 84.7 Å². The maximum Gasteiger partial charge on any atom is 1.00 e. The molecule has 7 aliphatic rings. The van der Waals surface area contributed by atoms with Gasteiger partial charge in [0.2, 0.25) is 0 Å². The van der Waals surface area contributed by atoms with E-state index >= 15 is 0 Å². The first-order valence-electron chi connectivity index (χ1n) is 42.2. The number of amides is 2. The Hall–Kier alpha value is -5.33. The van der Waals surface area contributed by atoms with Crippen molar-refractivity contribution in [3.8, 4) is 24.2 Å². The van der Waals surface area contributed by atoms with Crippen molar-refractivity contribution in [1.82, 2.24) is 64.4 Å². The van der Waals surface area contributed by atoms with Gasteiger partial charge in [0, 0.05) is 133 Å². The van der Waals surface area contributed by atoms with Crippen LogP contribution in [0.4, 0.5) is 26.9 Å². The first-order valence-corrected chi connectivity index (χ1v) is 50.4. The SMILES string of the molecule is C1COCCO1.CN1CCC[C@H]1COc1nc2c(c(N3CCN(C(=O)OCc4ccccc4)C(CC#N)C3)n1)CCNC2.Cc1ccc2cn(COCC[Si](C)(C)C)nc2c1Br.Cc1ccc2cn(COCC[Si](C)(C)C)nc2c1N1CCc2c(nc(OC[C@@H]3CCCN3C)nc2N2CCN(C(=O)OCc3ccccc3)C(CC#N)C2)C1.O=CO[O-].[Cs+].[Cs+].[H-]. The van der Waals surface area contributed by atoms with Crippen LogP contribution in [0.5, 0.6) is 12.0 Å². The second-order valence-corrected chi connectivity index (χ2v) is 46.0. The molecule has 123 heavy (non-hydrogen) atoms. The average Bonchev–Trinajstić information content (AvgIpc) is 1.45. The van der Waals surface area contributed by atoms with Crippen molar-refractivity contribution in [3.63, 3.8) is 0 Å². The zero-order chi connectivity index (χ0) is 85.8. The van der Waals surface area contributed by atoms with Gasteiger partial charge in [-0.15, -0.1) is 0 Å². The molecule has 4 aromatic carbocycles. The van der Waals surface area contributed by atoms with Crippen molar-refractivity contribution in [2.24, 2.45) is 0 Å². The van der Waals surface area contributed by atoms with Gasteiger partial charge in [-0.1, -0.05) is 124 Å². The van der Waals surface area contributed by atoms with Gasteiger partial charge in [0.25, 0.3) is 6.47 Å². The summed E-state index contributed by atoms with van der Waals surface area (Å²) >= 11 is 3.59. The smallest absolute Gasteiger partial charge is 1.00 e. The van der Waals surface area contributed by atoms with Crippen LogP contribution in [0, 0.1) is 36.5 Å². The summed E-state index contributed by atoms with van der Waals surface area (Å²) in [6.45, 7) is 33.4. The minimum atomic E-state index is -1.18. The van der Waals surface area contributed by atoms with Gasteiger partial charge in [-0.3, -0.25) is 4.79 Å². The minimum Gasteiger partial charge on any atom is -1.00 e. The van der Waals surface area contributed by atoms with E-state index in [4.69, 9.17) is 73.0 Å². The molecule has 0 radical (unpaired) electrons. The van der Waals surface area contributed by atoms with Gasteiger partial charge in [-0.05, 0) is 136 Å². The molecule has 2 amide bonds. The Labute approximate surface area is 853 Å². The van der Waals surface area contributed by atoms with E-state index in [0.717, 1.165) is 187 Å². The molecule has 0 saturated carbocycles.